The summed E-state index contributed by atoms with van der Waals surface area (Å²) in [5.74, 6) is 0.648. The van der Waals surface area contributed by atoms with Gasteiger partial charge in [-0.25, -0.2) is 4.98 Å². The first-order valence-corrected chi connectivity index (χ1v) is 13.9. The Labute approximate surface area is 238 Å². The molecule has 6 rings (SSSR count). The number of anilines is 1. The maximum absolute atomic E-state index is 12.8. The Morgan fingerprint density at radius 3 is 2.75 bits per heavy atom. The van der Waals surface area contributed by atoms with E-state index >= 15 is 0 Å². The second-order valence-electron chi connectivity index (χ2n) is 10.3. The molecule has 1 atom stereocenters. The number of pyridine rings is 1. The molecule has 3 aromatic carbocycles. The molecule has 8 heteroatoms. The van der Waals surface area contributed by atoms with Crippen LogP contribution in [0.1, 0.15) is 57.5 Å². The average molecular weight is 551 g/mol. The molecule has 7 nitrogen and oxygen atoms in total. The predicted molar refractivity (Wildman–Crippen MR) is 159 cm³/mol. The van der Waals surface area contributed by atoms with Crippen molar-refractivity contribution >= 4 is 34.2 Å². The number of imidazole rings is 1. The van der Waals surface area contributed by atoms with Gasteiger partial charge in [-0.15, -0.1) is 0 Å². The molecule has 0 aliphatic heterocycles. The maximum Gasteiger partial charge on any atom is 0.255 e. The van der Waals surface area contributed by atoms with Crippen LogP contribution in [0.4, 0.5) is 5.69 Å². The van der Waals surface area contributed by atoms with E-state index in [2.05, 4.69) is 39.5 Å². The minimum Gasteiger partial charge on any atom is -0.398 e. The number of hydrogen-bond donors (Lipinski definition) is 3. The van der Waals surface area contributed by atoms with Crippen molar-refractivity contribution in [2.75, 3.05) is 5.73 Å². The molecular formula is C32H31ClN6O. The number of fused-ring (bicyclic) bond motifs is 2. The molecule has 1 unspecified atom stereocenters. The second kappa shape index (κ2) is 11.5. The largest absolute Gasteiger partial charge is 0.398 e. The van der Waals surface area contributed by atoms with Crippen LogP contribution in [-0.2, 0) is 26.1 Å². The number of aromatic nitrogens is 3. The molecule has 5 aromatic rings. The van der Waals surface area contributed by atoms with Crippen LogP contribution in [0.3, 0.4) is 0 Å². The molecule has 2 heterocycles. The lowest BCUT2D eigenvalue weighted by Gasteiger charge is -2.34. The number of aromatic amines is 1. The quantitative estimate of drug-likeness (QED) is 0.200. The van der Waals surface area contributed by atoms with Crippen LogP contribution < -0.4 is 11.1 Å². The number of amides is 1. The minimum atomic E-state index is -0.287. The normalized spacial score (nSPS) is 14.8. The van der Waals surface area contributed by atoms with E-state index in [4.69, 9.17) is 27.3 Å². The Kier molecular flexibility index (Phi) is 7.49. The Morgan fingerprint density at radius 1 is 1.02 bits per heavy atom. The summed E-state index contributed by atoms with van der Waals surface area (Å²) in [6.07, 6.45) is 5.12. The van der Waals surface area contributed by atoms with Crippen molar-refractivity contribution in [2.45, 2.75) is 44.9 Å². The van der Waals surface area contributed by atoms with Gasteiger partial charge in [0.1, 0.15) is 5.82 Å². The van der Waals surface area contributed by atoms with Crippen molar-refractivity contribution in [1.29, 1.82) is 0 Å². The molecule has 4 N–H and O–H groups in total. The van der Waals surface area contributed by atoms with Gasteiger partial charge in [0.25, 0.3) is 5.91 Å². The number of nitrogens with one attached hydrogen (secondary N) is 2. The number of carbonyl (C=O) groups excluding carboxylic acids is 1. The predicted octanol–water partition coefficient (Wildman–Crippen LogP) is 6.20. The SMILES string of the molecule is Nc1cccc(Cl)c1C(=O)NCc1cccc(CN(Cc2nc3ccccc3[nH]2)C2CCCc3cccnc32)c1. The third-order valence-corrected chi connectivity index (χ3v) is 7.82. The third-order valence-electron chi connectivity index (χ3n) is 7.50. The zero-order valence-corrected chi connectivity index (χ0v) is 22.9. The monoisotopic (exact) mass is 550 g/mol. The van der Waals surface area contributed by atoms with E-state index in [9.17, 15) is 4.79 Å². The van der Waals surface area contributed by atoms with Crippen LogP contribution in [0.15, 0.2) is 85.1 Å². The van der Waals surface area contributed by atoms with Crippen LogP contribution in [0.5, 0.6) is 0 Å². The van der Waals surface area contributed by atoms with Crippen molar-refractivity contribution in [3.8, 4) is 0 Å². The molecule has 0 bridgehead atoms. The van der Waals surface area contributed by atoms with Crippen molar-refractivity contribution in [1.82, 2.24) is 25.2 Å². The maximum atomic E-state index is 12.8. The molecule has 0 saturated heterocycles. The number of hydrogen-bond acceptors (Lipinski definition) is 5. The van der Waals surface area contributed by atoms with Gasteiger partial charge < -0.3 is 16.0 Å². The molecular weight excluding hydrogens is 520 g/mol. The fraction of sp³-hybridized carbons (Fsp3) is 0.219. The minimum absolute atomic E-state index is 0.185. The highest BCUT2D eigenvalue weighted by molar-refractivity contribution is 6.34. The van der Waals surface area contributed by atoms with Gasteiger partial charge in [0.2, 0.25) is 0 Å². The lowest BCUT2D eigenvalue weighted by Crippen LogP contribution is -2.32. The van der Waals surface area contributed by atoms with E-state index in [1.165, 1.54) is 5.56 Å². The van der Waals surface area contributed by atoms with Gasteiger partial charge in [-0.3, -0.25) is 14.7 Å². The van der Waals surface area contributed by atoms with Crippen LogP contribution in [0.25, 0.3) is 11.0 Å². The van der Waals surface area contributed by atoms with Gasteiger partial charge in [0, 0.05) is 25.0 Å². The second-order valence-corrected chi connectivity index (χ2v) is 10.7. The zero-order valence-electron chi connectivity index (χ0n) is 22.1. The number of H-pyrrole nitrogens is 1. The molecule has 1 aliphatic carbocycles. The number of rotatable bonds is 8. The van der Waals surface area contributed by atoms with Gasteiger partial charge in [-0.2, -0.15) is 0 Å². The molecule has 2 aromatic heterocycles. The average Bonchev–Trinajstić information content (AvgIpc) is 3.38. The highest BCUT2D eigenvalue weighted by Gasteiger charge is 2.28. The first kappa shape index (κ1) is 26.0. The van der Waals surface area contributed by atoms with Crippen LogP contribution in [0, 0.1) is 0 Å². The molecule has 202 valence electrons. The van der Waals surface area contributed by atoms with Gasteiger partial charge >= 0.3 is 0 Å². The van der Waals surface area contributed by atoms with E-state index in [-0.39, 0.29) is 11.9 Å². The standard InChI is InChI=1S/C32H31ClN6O/c33-24-11-5-12-25(34)30(24)32(40)36-18-21-7-3-8-22(17-21)19-39(20-29-37-26-13-1-2-14-27(26)38-29)28-15-4-9-23-10-6-16-35-31(23)28/h1-3,5-8,10-14,16-17,28H,4,9,15,18-20,34H2,(H,36,40)(H,37,38). The summed E-state index contributed by atoms with van der Waals surface area (Å²) in [6, 6.07) is 25.9. The molecule has 40 heavy (non-hydrogen) atoms. The fourth-order valence-corrected chi connectivity index (χ4v) is 5.88. The van der Waals surface area contributed by atoms with Crippen molar-refractivity contribution in [2.24, 2.45) is 0 Å². The summed E-state index contributed by atoms with van der Waals surface area (Å²) in [6.45, 7) is 1.76. The Morgan fingerprint density at radius 2 is 1.88 bits per heavy atom. The summed E-state index contributed by atoms with van der Waals surface area (Å²) in [7, 11) is 0. The number of para-hydroxylation sites is 2. The van der Waals surface area contributed by atoms with Crippen LogP contribution in [0.2, 0.25) is 5.02 Å². The summed E-state index contributed by atoms with van der Waals surface area (Å²) in [5, 5.41) is 3.31. The molecule has 0 spiro atoms. The van der Waals surface area contributed by atoms with E-state index in [1.807, 2.05) is 42.6 Å². The van der Waals surface area contributed by atoms with Gasteiger partial charge in [-0.05, 0) is 66.3 Å². The smallest absolute Gasteiger partial charge is 0.255 e. The zero-order chi connectivity index (χ0) is 27.5. The van der Waals surface area contributed by atoms with E-state index in [0.29, 0.717) is 29.4 Å². The number of aryl methyl sites for hydroxylation is 1. The summed E-state index contributed by atoms with van der Waals surface area (Å²) >= 11 is 6.23. The number of benzene rings is 3. The van der Waals surface area contributed by atoms with E-state index in [1.54, 1.807) is 18.2 Å². The molecule has 0 radical (unpaired) electrons. The molecule has 0 saturated carbocycles. The first-order chi connectivity index (χ1) is 19.5. The van der Waals surface area contributed by atoms with Gasteiger partial charge in [0.05, 0.1) is 39.9 Å². The number of nitrogen functional groups attached to an aromatic ring is 1. The van der Waals surface area contributed by atoms with Crippen LogP contribution >= 0.6 is 11.6 Å². The van der Waals surface area contributed by atoms with Crippen molar-refractivity contribution in [3.63, 3.8) is 0 Å². The summed E-state index contributed by atoms with van der Waals surface area (Å²) < 4.78 is 0. The first-order valence-electron chi connectivity index (χ1n) is 13.6. The van der Waals surface area contributed by atoms with Crippen molar-refractivity contribution < 1.29 is 4.79 Å². The third kappa shape index (κ3) is 5.57. The fourth-order valence-electron chi connectivity index (χ4n) is 5.61. The molecule has 1 aliphatic rings. The topological polar surface area (TPSA) is 99.9 Å². The Hall–Kier alpha value is -4.20. The summed E-state index contributed by atoms with van der Waals surface area (Å²) in [5.41, 5.74) is 13.3. The number of halogens is 1. The van der Waals surface area contributed by atoms with E-state index < -0.39 is 0 Å². The lowest BCUT2D eigenvalue weighted by atomic mass is 9.90. The highest BCUT2D eigenvalue weighted by Crippen LogP contribution is 2.35. The van der Waals surface area contributed by atoms with E-state index in [0.717, 1.165) is 59.5 Å². The number of nitrogens with two attached hydrogens (primary N) is 1. The number of carbonyl (C=O) groups is 1. The van der Waals surface area contributed by atoms with Gasteiger partial charge in [-0.1, -0.05) is 60.1 Å². The highest BCUT2D eigenvalue weighted by atomic mass is 35.5. The molecule has 0 fully saturated rings. The Bertz CT molecular complexity index is 1610. The lowest BCUT2D eigenvalue weighted by molar-refractivity contribution is 0.0952. The molecule has 1 amide bonds. The number of nitrogens with zero attached hydrogens (tertiary/aromatic N) is 3. The van der Waals surface area contributed by atoms with Crippen LogP contribution in [-0.4, -0.2) is 25.8 Å². The summed E-state index contributed by atoms with van der Waals surface area (Å²) in [4.78, 5) is 28.5. The van der Waals surface area contributed by atoms with Gasteiger partial charge in [0.15, 0.2) is 0 Å². The Balaban J connectivity index is 1.24. The van der Waals surface area contributed by atoms with Crippen molar-refractivity contribution in [3.05, 3.63) is 124 Å².